The Morgan fingerprint density at radius 1 is 1.24 bits per heavy atom. The fraction of sp³-hybridized carbons (Fsp3) is 0.360. The average molecular weight is 464 g/mol. The van der Waals surface area contributed by atoms with Gasteiger partial charge in [-0.15, -0.1) is 0 Å². The number of hydrogen-bond acceptors (Lipinski definition) is 5. The van der Waals surface area contributed by atoms with Gasteiger partial charge in [0.2, 0.25) is 10.0 Å². The maximum atomic E-state index is 13.5. The zero-order valence-corrected chi connectivity index (χ0v) is 19.8. The Bertz CT molecular complexity index is 1220. The van der Waals surface area contributed by atoms with Gasteiger partial charge in [-0.1, -0.05) is 44.2 Å². The summed E-state index contributed by atoms with van der Waals surface area (Å²) in [4.78, 5) is 9.51. The summed E-state index contributed by atoms with van der Waals surface area (Å²) in [7, 11) is -3.50. The number of aromatic nitrogens is 2. The fourth-order valence-corrected chi connectivity index (χ4v) is 6.33. The maximum absolute atomic E-state index is 13.5. The number of rotatable bonds is 7. The minimum Gasteiger partial charge on any atom is -0.364 e. The second kappa shape index (κ2) is 9.77. The first-order chi connectivity index (χ1) is 15.9. The van der Waals surface area contributed by atoms with E-state index in [1.54, 1.807) is 22.9 Å². The Morgan fingerprint density at radius 3 is 2.70 bits per heavy atom. The zero-order chi connectivity index (χ0) is 23.4. The summed E-state index contributed by atoms with van der Waals surface area (Å²) in [5.74, 6) is 0.0746. The molecule has 8 heteroatoms. The maximum Gasteiger partial charge on any atom is 0.214 e. The van der Waals surface area contributed by atoms with E-state index in [2.05, 4.69) is 40.0 Å². The molecule has 0 fully saturated rings. The largest absolute Gasteiger partial charge is 0.364 e. The van der Waals surface area contributed by atoms with Crippen LogP contribution >= 0.6 is 0 Å². The van der Waals surface area contributed by atoms with Crippen LogP contribution in [0.4, 0.5) is 5.69 Å². The molecule has 2 atom stereocenters. The predicted octanol–water partition coefficient (Wildman–Crippen LogP) is 4.02. The van der Waals surface area contributed by atoms with Crippen molar-refractivity contribution in [1.82, 2.24) is 14.3 Å². The molecule has 0 radical (unpaired) electrons. The van der Waals surface area contributed by atoms with Crippen LogP contribution < -0.4 is 4.90 Å². The molecule has 172 valence electrons. The Labute approximate surface area is 195 Å². The van der Waals surface area contributed by atoms with Crippen molar-refractivity contribution in [2.45, 2.75) is 45.3 Å². The first-order valence-corrected chi connectivity index (χ1v) is 12.8. The van der Waals surface area contributed by atoms with E-state index in [0.29, 0.717) is 25.1 Å². The number of sulfonamides is 1. The smallest absolute Gasteiger partial charge is 0.214 e. The first-order valence-electron chi connectivity index (χ1n) is 11.2. The van der Waals surface area contributed by atoms with Crippen LogP contribution in [0.5, 0.6) is 0 Å². The highest BCUT2D eigenvalue weighted by atomic mass is 32.2. The van der Waals surface area contributed by atoms with Gasteiger partial charge in [0.05, 0.1) is 36.0 Å². The number of H-pyrrole nitrogens is 1. The number of benzene rings is 2. The molecule has 0 bridgehead atoms. The Balaban J connectivity index is 1.83. The molecule has 1 aliphatic rings. The normalized spacial score (nSPS) is 17.7. The first kappa shape index (κ1) is 23.0. The molecule has 0 saturated carbocycles. The van der Waals surface area contributed by atoms with Gasteiger partial charge < -0.3 is 9.88 Å². The number of nitrogens with zero attached hydrogens (tertiary/aromatic N) is 4. The topological polar surface area (TPSA) is 93.1 Å². The van der Waals surface area contributed by atoms with Gasteiger partial charge in [0.1, 0.15) is 0 Å². The van der Waals surface area contributed by atoms with Crippen molar-refractivity contribution < 1.29 is 8.42 Å². The number of nitrogens with one attached hydrogen (secondary N) is 1. The summed E-state index contributed by atoms with van der Waals surface area (Å²) < 4.78 is 28.7. The lowest BCUT2D eigenvalue weighted by atomic mass is 9.93. The van der Waals surface area contributed by atoms with Gasteiger partial charge in [-0.05, 0) is 41.7 Å². The van der Waals surface area contributed by atoms with Crippen molar-refractivity contribution >= 4 is 15.7 Å². The van der Waals surface area contributed by atoms with E-state index in [1.807, 2.05) is 37.3 Å². The van der Waals surface area contributed by atoms with Crippen LogP contribution in [0.2, 0.25) is 0 Å². The zero-order valence-electron chi connectivity index (χ0n) is 19.0. The van der Waals surface area contributed by atoms with Crippen molar-refractivity contribution in [1.29, 1.82) is 5.26 Å². The van der Waals surface area contributed by atoms with Crippen LogP contribution in [0, 0.1) is 11.3 Å². The quantitative estimate of drug-likeness (QED) is 0.571. The summed E-state index contributed by atoms with van der Waals surface area (Å²) in [6.07, 6.45) is 3.98. The van der Waals surface area contributed by atoms with Gasteiger partial charge in [0.25, 0.3) is 0 Å². The third-order valence-electron chi connectivity index (χ3n) is 6.29. The monoisotopic (exact) mass is 463 g/mol. The number of hydrogen-bond donors (Lipinski definition) is 1. The van der Waals surface area contributed by atoms with E-state index in [-0.39, 0.29) is 24.3 Å². The molecule has 2 heterocycles. The highest BCUT2D eigenvalue weighted by Gasteiger charge is 2.38. The molecule has 0 amide bonds. The van der Waals surface area contributed by atoms with Gasteiger partial charge in [0, 0.05) is 31.0 Å². The minimum absolute atomic E-state index is 0.0214. The van der Waals surface area contributed by atoms with Crippen molar-refractivity contribution in [3.05, 3.63) is 83.4 Å². The highest BCUT2D eigenvalue weighted by Crippen LogP contribution is 2.35. The molecule has 1 aliphatic heterocycles. The Hall–Kier alpha value is -3.15. The van der Waals surface area contributed by atoms with Crippen molar-refractivity contribution in [3.63, 3.8) is 0 Å². The van der Waals surface area contributed by atoms with Crippen LogP contribution in [0.25, 0.3) is 0 Å². The third-order valence-corrected chi connectivity index (χ3v) is 8.33. The van der Waals surface area contributed by atoms with Crippen molar-refractivity contribution in [3.8, 4) is 6.07 Å². The lowest BCUT2D eigenvalue weighted by Gasteiger charge is -2.36. The number of aromatic amines is 1. The molecule has 4 rings (SSSR count). The van der Waals surface area contributed by atoms with Crippen LogP contribution in [0.1, 0.15) is 48.6 Å². The van der Waals surface area contributed by atoms with E-state index < -0.39 is 10.0 Å². The fourth-order valence-electron chi connectivity index (χ4n) is 4.58. The summed E-state index contributed by atoms with van der Waals surface area (Å²) in [5, 5.41) is 9.47. The molecule has 1 N–H and O–H groups in total. The van der Waals surface area contributed by atoms with Gasteiger partial charge in [-0.25, -0.2) is 13.4 Å². The molecule has 0 spiro atoms. The second-order valence-electron chi connectivity index (χ2n) is 8.54. The standard InChI is InChI=1S/C25H29N5O2S/c1-3-11-33(31,32)30-15-22-12-20(13-26)9-10-24(22)29(16-23-14-27-18-28-23)17-25(30)19(2)21-7-5-4-6-8-21/h4-10,12,14,18-19,25H,3,11,15-17H2,1-2H3,(H,27,28)/t19-,25+/m1/s1. The van der Waals surface area contributed by atoms with Gasteiger partial charge in [-0.2, -0.15) is 9.57 Å². The number of imidazole rings is 1. The van der Waals surface area contributed by atoms with E-state index in [9.17, 15) is 13.7 Å². The number of nitriles is 1. The van der Waals surface area contributed by atoms with E-state index in [4.69, 9.17) is 0 Å². The summed E-state index contributed by atoms with van der Waals surface area (Å²) in [6, 6.07) is 17.5. The summed E-state index contributed by atoms with van der Waals surface area (Å²) in [6.45, 7) is 5.32. The molecular formula is C25H29N5O2S. The van der Waals surface area contributed by atoms with Crippen LogP contribution in [-0.2, 0) is 23.1 Å². The minimum atomic E-state index is -3.50. The van der Waals surface area contributed by atoms with Gasteiger partial charge in [0.15, 0.2) is 0 Å². The Kier molecular flexibility index (Phi) is 6.82. The lowest BCUT2D eigenvalue weighted by molar-refractivity contribution is 0.288. The van der Waals surface area contributed by atoms with E-state index in [0.717, 1.165) is 22.5 Å². The number of fused-ring (bicyclic) bond motifs is 1. The highest BCUT2D eigenvalue weighted by molar-refractivity contribution is 7.89. The average Bonchev–Trinajstić information content (AvgIpc) is 3.27. The summed E-state index contributed by atoms with van der Waals surface area (Å²) >= 11 is 0. The van der Waals surface area contributed by atoms with Crippen molar-refractivity contribution in [2.75, 3.05) is 17.2 Å². The van der Waals surface area contributed by atoms with Gasteiger partial charge in [-0.3, -0.25) is 0 Å². The molecule has 0 aliphatic carbocycles. The van der Waals surface area contributed by atoms with Crippen LogP contribution in [0.3, 0.4) is 0 Å². The molecular weight excluding hydrogens is 434 g/mol. The predicted molar refractivity (Wildman–Crippen MR) is 129 cm³/mol. The van der Waals surface area contributed by atoms with Gasteiger partial charge >= 0.3 is 0 Å². The molecule has 7 nitrogen and oxygen atoms in total. The molecule has 2 aromatic carbocycles. The lowest BCUT2D eigenvalue weighted by Crippen LogP contribution is -2.47. The van der Waals surface area contributed by atoms with Crippen LogP contribution in [-0.4, -0.2) is 41.0 Å². The van der Waals surface area contributed by atoms with E-state index in [1.165, 1.54) is 0 Å². The molecule has 1 aromatic heterocycles. The third kappa shape index (κ3) is 4.95. The SMILES string of the molecule is CCCS(=O)(=O)N1Cc2cc(C#N)ccc2N(Cc2cnc[nH]2)C[C@H]1[C@H](C)c1ccccc1. The summed E-state index contributed by atoms with van der Waals surface area (Å²) in [5.41, 5.74) is 4.36. The van der Waals surface area contributed by atoms with E-state index >= 15 is 0 Å². The molecule has 0 saturated heterocycles. The van der Waals surface area contributed by atoms with Crippen molar-refractivity contribution in [2.24, 2.45) is 0 Å². The Morgan fingerprint density at radius 2 is 2.03 bits per heavy atom. The molecule has 33 heavy (non-hydrogen) atoms. The number of anilines is 1. The van der Waals surface area contributed by atoms with Crippen LogP contribution in [0.15, 0.2) is 61.1 Å². The molecule has 3 aromatic rings. The second-order valence-corrected chi connectivity index (χ2v) is 10.6. The molecule has 0 unspecified atom stereocenters.